The first-order chi connectivity index (χ1) is 18.6. The van der Waals surface area contributed by atoms with Gasteiger partial charge < -0.3 is 26.1 Å². The Morgan fingerprint density at radius 3 is 2.10 bits per heavy atom. The minimum absolute atomic E-state index is 0.00228. The molecule has 12 heteroatoms. The largest absolute Gasteiger partial charge is 0.465 e. The van der Waals surface area contributed by atoms with Gasteiger partial charge in [0.2, 0.25) is 15.9 Å². The number of benzene rings is 2. The summed E-state index contributed by atoms with van der Waals surface area (Å²) in [5.41, 5.74) is 0.528. The summed E-state index contributed by atoms with van der Waals surface area (Å²) in [6.07, 6.45) is -1.33. The summed E-state index contributed by atoms with van der Waals surface area (Å²) in [5, 5.41) is 37.4. The first kappa shape index (κ1) is 32.7. The maximum absolute atomic E-state index is 13.6. The fraction of sp³-hybridized carbons (Fsp3) is 0.464. The zero-order valence-corrected chi connectivity index (χ0v) is 24.3. The summed E-state index contributed by atoms with van der Waals surface area (Å²) in [6, 6.07) is 12.8. The van der Waals surface area contributed by atoms with Gasteiger partial charge >= 0.3 is 6.09 Å². The highest BCUT2D eigenvalue weighted by Crippen LogP contribution is 2.22. The molecule has 0 bridgehead atoms. The van der Waals surface area contributed by atoms with Crippen LogP contribution in [0, 0.1) is 11.3 Å². The molecule has 2 aromatic carbocycles. The van der Waals surface area contributed by atoms with Gasteiger partial charge in [-0.1, -0.05) is 82.2 Å². The fourth-order valence-corrected chi connectivity index (χ4v) is 5.79. The maximum atomic E-state index is 13.6. The summed E-state index contributed by atoms with van der Waals surface area (Å²) in [4.78, 5) is 24.7. The zero-order chi connectivity index (χ0) is 30.1. The van der Waals surface area contributed by atoms with Crippen LogP contribution in [-0.2, 0) is 21.2 Å². The highest BCUT2D eigenvalue weighted by atomic mass is 32.2. The summed E-state index contributed by atoms with van der Waals surface area (Å²) >= 11 is 0. The van der Waals surface area contributed by atoms with Gasteiger partial charge in [-0.15, -0.1) is 0 Å². The Morgan fingerprint density at radius 1 is 1.00 bits per heavy atom. The second-order valence-electron chi connectivity index (χ2n) is 11.2. The lowest BCUT2D eigenvalue weighted by Crippen LogP contribution is -2.58. The third-order valence-electron chi connectivity index (χ3n) is 6.17. The lowest BCUT2D eigenvalue weighted by Gasteiger charge is -2.34. The number of hydrogen-bond acceptors (Lipinski definition) is 7. The monoisotopic (exact) mass is 576 g/mol. The molecule has 2 rings (SSSR count). The van der Waals surface area contributed by atoms with E-state index < -0.39 is 45.6 Å². The summed E-state index contributed by atoms with van der Waals surface area (Å²) in [6.45, 7) is 8.63. The van der Waals surface area contributed by atoms with E-state index in [-0.39, 0.29) is 30.3 Å². The van der Waals surface area contributed by atoms with Gasteiger partial charge in [0.1, 0.15) is 6.04 Å². The van der Waals surface area contributed by atoms with Gasteiger partial charge in [-0.2, -0.15) is 4.31 Å². The Kier molecular flexibility index (Phi) is 11.7. The van der Waals surface area contributed by atoms with E-state index in [4.69, 9.17) is 5.21 Å². The number of nitrogens with zero attached hydrogens (tertiary/aromatic N) is 2. The molecule has 40 heavy (non-hydrogen) atoms. The van der Waals surface area contributed by atoms with E-state index in [9.17, 15) is 28.2 Å². The Bertz CT molecular complexity index is 1240. The predicted molar refractivity (Wildman–Crippen MR) is 152 cm³/mol. The van der Waals surface area contributed by atoms with Gasteiger partial charge in [0.15, 0.2) is 0 Å². The van der Waals surface area contributed by atoms with Crippen molar-refractivity contribution in [1.29, 1.82) is 0 Å². The maximum Gasteiger partial charge on any atom is 0.405 e. The van der Waals surface area contributed by atoms with Crippen LogP contribution in [0.2, 0.25) is 0 Å². The number of hydrogen-bond donors (Lipinski definition) is 5. The molecule has 0 aliphatic heterocycles. The lowest BCUT2D eigenvalue weighted by atomic mass is 9.85. The highest BCUT2D eigenvalue weighted by molar-refractivity contribution is 7.89. The zero-order valence-electron chi connectivity index (χ0n) is 23.5. The standard InChI is InChI=1S/C28H40N4O7S/c1-19(2)17-32(40(38,39)22-13-11-21(12-14-22)16-29-37)18-24(33)23(15-20-9-7-6-8-10-20)30-26(34)25(28(3,4)5)31-27(35)36/h6-14,16,19,23-25,31,33,37H,15,17-18H2,1-5H3,(H,30,34)(H,35,36)/t23-,24-,25+/m0/s1. The van der Waals surface area contributed by atoms with E-state index in [0.717, 1.165) is 5.56 Å². The Morgan fingerprint density at radius 2 is 1.60 bits per heavy atom. The molecule has 0 aliphatic rings. The summed E-state index contributed by atoms with van der Waals surface area (Å²) in [7, 11) is -4.05. The van der Waals surface area contributed by atoms with Gasteiger partial charge in [-0.25, -0.2) is 13.2 Å². The quantitative estimate of drug-likeness (QED) is 0.139. The van der Waals surface area contributed by atoms with E-state index in [0.29, 0.717) is 5.56 Å². The third-order valence-corrected chi connectivity index (χ3v) is 8.02. The van der Waals surface area contributed by atoms with Gasteiger partial charge in [-0.05, 0) is 41.0 Å². The Balaban J connectivity index is 2.40. The fourth-order valence-electron chi connectivity index (χ4n) is 4.17. The van der Waals surface area contributed by atoms with Crippen molar-refractivity contribution in [1.82, 2.24) is 14.9 Å². The number of oxime groups is 1. The number of rotatable bonds is 13. The molecule has 2 aromatic rings. The Labute approximate surface area is 236 Å². The van der Waals surface area contributed by atoms with Crippen LogP contribution in [0.15, 0.2) is 64.6 Å². The average molecular weight is 577 g/mol. The number of aliphatic hydroxyl groups is 1. The van der Waals surface area contributed by atoms with Crippen molar-refractivity contribution < 1.29 is 33.4 Å². The van der Waals surface area contributed by atoms with Crippen molar-refractivity contribution in [3.8, 4) is 0 Å². The smallest absolute Gasteiger partial charge is 0.405 e. The molecule has 0 heterocycles. The van der Waals surface area contributed by atoms with E-state index in [2.05, 4.69) is 15.8 Å². The first-order valence-electron chi connectivity index (χ1n) is 12.9. The van der Waals surface area contributed by atoms with Crippen molar-refractivity contribution in [3.05, 3.63) is 65.7 Å². The van der Waals surface area contributed by atoms with Gasteiger partial charge in [0.05, 0.1) is 23.3 Å². The minimum Gasteiger partial charge on any atom is -0.465 e. The molecule has 0 saturated heterocycles. The van der Waals surface area contributed by atoms with E-state index in [1.807, 2.05) is 44.2 Å². The molecule has 0 spiro atoms. The van der Waals surface area contributed by atoms with Gasteiger partial charge in [0.25, 0.3) is 0 Å². The van der Waals surface area contributed by atoms with E-state index in [1.165, 1.54) is 34.8 Å². The van der Waals surface area contributed by atoms with Crippen molar-refractivity contribution in [2.45, 2.75) is 64.1 Å². The predicted octanol–water partition coefficient (Wildman–Crippen LogP) is 2.91. The Hall–Kier alpha value is -3.48. The molecule has 0 aliphatic carbocycles. The molecule has 0 aromatic heterocycles. The lowest BCUT2D eigenvalue weighted by molar-refractivity contribution is -0.127. The number of nitrogens with one attached hydrogen (secondary N) is 2. The topological polar surface area (TPSA) is 169 Å². The van der Waals surface area contributed by atoms with Crippen LogP contribution in [0.4, 0.5) is 4.79 Å². The molecule has 220 valence electrons. The minimum atomic E-state index is -4.05. The number of carbonyl (C=O) groups is 2. The summed E-state index contributed by atoms with van der Waals surface area (Å²) < 4.78 is 28.4. The average Bonchev–Trinajstić information content (AvgIpc) is 2.86. The molecule has 5 N–H and O–H groups in total. The van der Waals surface area contributed by atoms with E-state index in [1.54, 1.807) is 20.8 Å². The number of amides is 2. The molecule has 2 amide bonds. The SMILES string of the molecule is CC(C)CN(C[C@H](O)[C@H](Cc1ccccc1)NC(=O)[C@@H](NC(=O)O)C(C)(C)C)S(=O)(=O)c1ccc(C=NO)cc1. The van der Waals surface area contributed by atoms with Crippen LogP contribution in [0.25, 0.3) is 0 Å². The van der Waals surface area contributed by atoms with Crippen LogP contribution in [0.3, 0.4) is 0 Å². The van der Waals surface area contributed by atoms with Crippen molar-refractivity contribution in [2.75, 3.05) is 13.1 Å². The number of sulfonamides is 1. The number of aliphatic hydroxyl groups excluding tert-OH is 1. The second-order valence-corrected chi connectivity index (χ2v) is 13.1. The second kappa shape index (κ2) is 14.2. The van der Waals surface area contributed by atoms with Crippen LogP contribution in [-0.4, -0.2) is 77.6 Å². The molecule has 0 unspecified atom stereocenters. The number of carboxylic acid groups (broad SMARTS) is 1. The van der Waals surface area contributed by atoms with Crippen LogP contribution >= 0.6 is 0 Å². The molecular formula is C28H40N4O7S. The summed E-state index contributed by atoms with van der Waals surface area (Å²) in [5.74, 6) is -0.704. The van der Waals surface area contributed by atoms with Crippen LogP contribution in [0.1, 0.15) is 45.7 Å². The van der Waals surface area contributed by atoms with E-state index >= 15 is 0 Å². The first-order valence-corrected chi connectivity index (χ1v) is 14.4. The van der Waals surface area contributed by atoms with Crippen LogP contribution < -0.4 is 10.6 Å². The molecule has 11 nitrogen and oxygen atoms in total. The van der Waals surface area contributed by atoms with Crippen LogP contribution in [0.5, 0.6) is 0 Å². The third kappa shape index (κ3) is 9.61. The van der Waals surface area contributed by atoms with Gasteiger partial charge in [0, 0.05) is 13.1 Å². The van der Waals surface area contributed by atoms with Crippen molar-refractivity contribution in [3.63, 3.8) is 0 Å². The normalized spacial score (nSPS) is 14.7. The van der Waals surface area contributed by atoms with Crippen molar-refractivity contribution >= 4 is 28.2 Å². The molecule has 0 radical (unpaired) electrons. The molecule has 0 fully saturated rings. The number of carbonyl (C=O) groups excluding carboxylic acids is 1. The molecule has 0 saturated carbocycles. The van der Waals surface area contributed by atoms with Crippen molar-refractivity contribution in [2.24, 2.45) is 16.5 Å². The highest BCUT2D eigenvalue weighted by Gasteiger charge is 2.36. The van der Waals surface area contributed by atoms with Gasteiger partial charge in [-0.3, -0.25) is 4.79 Å². The molecule has 3 atom stereocenters. The molecular weight excluding hydrogens is 536 g/mol.